The van der Waals surface area contributed by atoms with E-state index >= 15 is 0 Å². The normalized spacial score (nSPS) is 19.6. The topological polar surface area (TPSA) is 40.5 Å². The maximum absolute atomic E-state index is 9.44. The summed E-state index contributed by atoms with van der Waals surface area (Å²) in [5.74, 6) is 1.25. The minimum Gasteiger partial charge on any atom is -0.508 e. The second-order valence-corrected chi connectivity index (χ2v) is 7.11. The van der Waals surface area contributed by atoms with Crippen LogP contribution in [0.5, 0.6) is 11.5 Å². The van der Waals surface area contributed by atoms with Gasteiger partial charge in [0.05, 0.1) is 0 Å². The Morgan fingerprint density at radius 1 is 0.769 bits per heavy atom. The van der Waals surface area contributed by atoms with E-state index in [-0.39, 0.29) is 0 Å². The molecule has 0 spiro atoms. The standard InChI is InChI=1S/C24H26O2/c1-17(21-6-10-23(25)11-7-21)14-19-4-3-5-20(16-19)15-18(2)22-8-12-24(26)13-9-22/h3-4,6-15,17-18,25-26H,5,16H2,1-2H3. The fourth-order valence-corrected chi connectivity index (χ4v) is 3.42. The fraction of sp³-hybridized carbons (Fsp3) is 0.250. The molecule has 0 aliphatic heterocycles. The quantitative estimate of drug-likeness (QED) is 0.646. The van der Waals surface area contributed by atoms with Gasteiger partial charge in [0.15, 0.2) is 0 Å². The van der Waals surface area contributed by atoms with Crippen molar-refractivity contribution >= 4 is 0 Å². The highest BCUT2D eigenvalue weighted by molar-refractivity contribution is 5.38. The van der Waals surface area contributed by atoms with Crippen molar-refractivity contribution in [2.75, 3.05) is 0 Å². The Kier molecular flexibility index (Phi) is 5.62. The van der Waals surface area contributed by atoms with Gasteiger partial charge in [-0.1, -0.05) is 68.0 Å². The summed E-state index contributed by atoms with van der Waals surface area (Å²) in [6, 6.07) is 14.9. The van der Waals surface area contributed by atoms with Crippen LogP contribution in [-0.4, -0.2) is 10.2 Å². The molecule has 0 saturated heterocycles. The summed E-state index contributed by atoms with van der Waals surface area (Å²) >= 11 is 0. The second kappa shape index (κ2) is 8.09. The van der Waals surface area contributed by atoms with Gasteiger partial charge in [-0.15, -0.1) is 0 Å². The van der Waals surface area contributed by atoms with E-state index in [1.54, 1.807) is 24.3 Å². The largest absolute Gasteiger partial charge is 0.508 e. The minimum absolute atomic E-state index is 0.305. The van der Waals surface area contributed by atoms with Gasteiger partial charge in [-0.05, 0) is 65.6 Å². The van der Waals surface area contributed by atoms with Gasteiger partial charge < -0.3 is 10.2 Å². The molecule has 0 bridgehead atoms. The molecule has 0 aromatic heterocycles. The van der Waals surface area contributed by atoms with Crippen molar-refractivity contribution < 1.29 is 10.2 Å². The van der Waals surface area contributed by atoms with Crippen LogP contribution in [0.1, 0.15) is 49.7 Å². The molecular weight excluding hydrogens is 320 g/mol. The molecule has 0 heterocycles. The Morgan fingerprint density at radius 3 is 1.81 bits per heavy atom. The van der Waals surface area contributed by atoms with Crippen molar-refractivity contribution in [2.45, 2.75) is 38.5 Å². The molecule has 2 atom stereocenters. The predicted molar refractivity (Wildman–Crippen MR) is 108 cm³/mol. The highest BCUT2D eigenvalue weighted by Gasteiger charge is 2.11. The van der Waals surface area contributed by atoms with Crippen LogP contribution in [-0.2, 0) is 0 Å². The lowest BCUT2D eigenvalue weighted by atomic mass is 9.88. The third-order valence-electron chi connectivity index (χ3n) is 4.93. The summed E-state index contributed by atoms with van der Waals surface area (Å²) in [6.45, 7) is 4.38. The first kappa shape index (κ1) is 18.1. The van der Waals surface area contributed by atoms with Crippen LogP contribution < -0.4 is 0 Å². The van der Waals surface area contributed by atoms with Crippen molar-refractivity contribution in [3.05, 3.63) is 95.1 Å². The monoisotopic (exact) mass is 346 g/mol. The average Bonchev–Trinajstić information content (AvgIpc) is 2.63. The highest BCUT2D eigenvalue weighted by atomic mass is 16.3. The van der Waals surface area contributed by atoms with Gasteiger partial charge in [-0.3, -0.25) is 0 Å². The molecule has 3 rings (SSSR count). The van der Waals surface area contributed by atoms with Crippen LogP contribution >= 0.6 is 0 Å². The Hall–Kier alpha value is -2.74. The Balaban J connectivity index is 1.72. The zero-order chi connectivity index (χ0) is 18.5. The molecule has 1 aliphatic rings. The lowest BCUT2D eigenvalue weighted by molar-refractivity contribution is 0.474. The Bertz CT molecular complexity index is 824. The zero-order valence-corrected chi connectivity index (χ0v) is 15.4. The first-order valence-electron chi connectivity index (χ1n) is 9.16. The summed E-state index contributed by atoms with van der Waals surface area (Å²) in [6.07, 6.45) is 11.1. The highest BCUT2D eigenvalue weighted by Crippen LogP contribution is 2.30. The molecule has 0 amide bonds. The number of allylic oxidation sites excluding steroid dienone is 6. The summed E-state index contributed by atoms with van der Waals surface area (Å²) in [4.78, 5) is 0. The third-order valence-corrected chi connectivity index (χ3v) is 4.93. The van der Waals surface area contributed by atoms with Gasteiger partial charge in [0.25, 0.3) is 0 Å². The Morgan fingerprint density at radius 2 is 1.27 bits per heavy atom. The van der Waals surface area contributed by atoms with Gasteiger partial charge in [0.2, 0.25) is 0 Å². The lowest BCUT2D eigenvalue weighted by Crippen LogP contribution is -1.98. The third kappa shape index (κ3) is 4.66. The van der Waals surface area contributed by atoms with Gasteiger partial charge in [0.1, 0.15) is 11.5 Å². The van der Waals surface area contributed by atoms with Crippen LogP contribution in [0, 0.1) is 0 Å². The molecule has 2 unspecified atom stereocenters. The molecule has 2 nitrogen and oxygen atoms in total. The molecule has 1 aliphatic carbocycles. The molecule has 2 N–H and O–H groups in total. The SMILES string of the molecule is CC(C=C1C=CCC(=CC(C)c2ccc(O)cc2)C1)c1ccc(O)cc1. The molecule has 26 heavy (non-hydrogen) atoms. The molecule has 2 aromatic carbocycles. The number of phenols is 2. The number of hydrogen-bond acceptors (Lipinski definition) is 2. The van der Waals surface area contributed by atoms with E-state index in [2.05, 4.69) is 38.2 Å². The number of benzene rings is 2. The van der Waals surface area contributed by atoms with E-state index in [1.807, 2.05) is 24.3 Å². The van der Waals surface area contributed by atoms with Gasteiger partial charge in [-0.2, -0.15) is 0 Å². The van der Waals surface area contributed by atoms with Crippen LogP contribution in [0.3, 0.4) is 0 Å². The fourth-order valence-electron chi connectivity index (χ4n) is 3.42. The predicted octanol–water partition coefficient (Wildman–Crippen LogP) is 6.21. The first-order valence-corrected chi connectivity index (χ1v) is 9.16. The van der Waals surface area contributed by atoms with E-state index in [0.29, 0.717) is 23.3 Å². The lowest BCUT2D eigenvalue weighted by Gasteiger charge is -2.17. The van der Waals surface area contributed by atoms with E-state index in [1.165, 1.54) is 22.3 Å². The molecule has 2 aromatic rings. The van der Waals surface area contributed by atoms with Crippen LogP contribution in [0.2, 0.25) is 0 Å². The minimum atomic E-state index is 0.305. The average molecular weight is 346 g/mol. The van der Waals surface area contributed by atoms with Crippen LogP contribution in [0.15, 0.2) is 84.0 Å². The summed E-state index contributed by atoms with van der Waals surface area (Å²) < 4.78 is 0. The smallest absolute Gasteiger partial charge is 0.115 e. The van der Waals surface area contributed by atoms with Crippen LogP contribution in [0.4, 0.5) is 0 Å². The maximum Gasteiger partial charge on any atom is 0.115 e. The van der Waals surface area contributed by atoms with Gasteiger partial charge >= 0.3 is 0 Å². The summed E-state index contributed by atoms with van der Waals surface area (Å²) in [5.41, 5.74) is 5.18. The van der Waals surface area contributed by atoms with Gasteiger partial charge in [-0.25, -0.2) is 0 Å². The number of hydrogen-bond donors (Lipinski definition) is 2. The second-order valence-electron chi connectivity index (χ2n) is 7.11. The van der Waals surface area contributed by atoms with E-state index in [0.717, 1.165) is 12.8 Å². The molecule has 134 valence electrons. The number of phenolic OH excluding ortho intramolecular Hbond substituents is 2. The van der Waals surface area contributed by atoms with Crippen molar-refractivity contribution in [1.29, 1.82) is 0 Å². The van der Waals surface area contributed by atoms with Crippen molar-refractivity contribution in [3.63, 3.8) is 0 Å². The van der Waals surface area contributed by atoms with Crippen LogP contribution in [0.25, 0.3) is 0 Å². The van der Waals surface area contributed by atoms with Crippen molar-refractivity contribution in [1.82, 2.24) is 0 Å². The Labute approximate surface area is 155 Å². The van der Waals surface area contributed by atoms with Gasteiger partial charge in [0, 0.05) is 0 Å². The molecule has 0 saturated carbocycles. The molecule has 0 radical (unpaired) electrons. The summed E-state index contributed by atoms with van der Waals surface area (Å²) in [7, 11) is 0. The first-order chi connectivity index (χ1) is 12.5. The molecule has 0 fully saturated rings. The summed E-state index contributed by atoms with van der Waals surface area (Å²) in [5, 5.41) is 18.9. The van der Waals surface area contributed by atoms with Crippen molar-refractivity contribution in [2.24, 2.45) is 0 Å². The molecule has 2 heteroatoms. The van der Waals surface area contributed by atoms with E-state index in [4.69, 9.17) is 0 Å². The number of aromatic hydroxyl groups is 2. The maximum atomic E-state index is 9.44. The van der Waals surface area contributed by atoms with E-state index in [9.17, 15) is 10.2 Å². The number of rotatable bonds is 4. The van der Waals surface area contributed by atoms with Crippen molar-refractivity contribution in [3.8, 4) is 11.5 Å². The zero-order valence-electron chi connectivity index (χ0n) is 15.4. The molecular formula is C24H26O2. The van der Waals surface area contributed by atoms with E-state index < -0.39 is 0 Å².